The Hall–Kier alpha value is -2.30. The van der Waals surface area contributed by atoms with E-state index < -0.39 is 17.6 Å². The predicted molar refractivity (Wildman–Crippen MR) is 79.7 cm³/mol. The van der Waals surface area contributed by atoms with Crippen molar-refractivity contribution < 1.29 is 18.0 Å². The summed E-state index contributed by atoms with van der Waals surface area (Å²) in [5.74, 6) is -0.467. The quantitative estimate of drug-likeness (QED) is 0.888. The van der Waals surface area contributed by atoms with Crippen LogP contribution in [0.5, 0.6) is 0 Å². The van der Waals surface area contributed by atoms with Crippen LogP contribution in [-0.2, 0) is 17.4 Å². The zero-order chi connectivity index (χ0) is 16.3. The molecule has 5 heteroatoms. The van der Waals surface area contributed by atoms with Crippen molar-refractivity contribution in [3.05, 3.63) is 64.7 Å². The molecule has 22 heavy (non-hydrogen) atoms. The zero-order valence-corrected chi connectivity index (χ0v) is 12.3. The van der Waals surface area contributed by atoms with Crippen LogP contribution < -0.4 is 5.32 Å². The fourth-order valence-electron chi connectivity index (χ4n) is 2.20. The second-order valence-electron chi connectivity index (χ2n) is 5.20. The molecule has 0 saturated carbocycles. The van der Waals surface area contributed by atoms with Gasteiger partial charge in [0.2, 0.25) is 5.91 Å². The molecule has 0 saturated heterocycles. The van der Waals surface area contributed by atoms with Crippen molar-refractivity contribution >= 4 is 11.6 Å². The summed E-state index contributed by atoms with van der Waals surface area (Å²) in [4.78, 5) is 12.0. The topological polar surface area (TPSA) is 29.1 Å². The van der Waals surface area contributed by atoms with Gasteiger partial charge in [0.1, 0.15) is 0 Å². The molecule has 0 aliphatic rings. The van der Waals surface area contributed by atoms with Crippen molar-refractivity contribution in [3.8, 4) is 0 Å². The van der Waals surface area contributed by atoms with E-state index in [9.17, 15) is 18.0 Å². The lowest BCUT2D eigenvalue weighted by Gasteiger charge is -2.14. The van der Waals surface area contributed by atoms with Gasteiger partial charge in [0, 0.05) is 0 Å². The smallest absolute Gasteiger partial charge is 0.325 e. The molecule has 2 aromatic carbocycles. The summed E-state index contributed by atoms with van der Waals surface area (Å²) in [6.45, 7) is 3.77. The minimum Gasteiger partial charge on any atom is -0.325 e. The highest BCUT2D eigenvalue weighted by molar-refractivity contribution is 5.93. The number of hydrogen-bond donors (Lipinski definition) is 1. The van der Waals surface area contributed by atoms with Gasteiger partial charge >= 0.3 is 6.18 Å². The van der Waals surface area contributed by atoms with E-state index in [1.807, 2.05) is 32.0 Å². The third-order valence-electron chi connectivity index (χ3n) is 3.36. The van der Waals surface area contributed by atoms with Gasteiger partial charge in [-0.1, -0.05) is 35.9 Å². The number of alkyl halides is 3. The first-order valence-corrected chi connectivity index (χ1v) is 6.79. The molecule has 2 nitrogen and oxygen atoms in total. The number of hydrogen-bond acceptors (Lipinski definition) is 1. The van der Waals surface area contributed by atoms with E-state index in [1.54, 1.807) is 0 Å². The normalized spacial score (nSPS) is 11.3. The van der Waals surface area contributed by atoms with E-state index in [4.69, 9.17) is 0 Å². The predicted octanol–water partition coefficient (Wildman–Crippen LogP) is 4.50. The van der Waals surface area contributed by atoms with Crippen molar-refractivity contribution in [2.75, 3.05) is 5.32 Å². The Kier molecular flexibility index (Phi) is 4.54. The Bertz CT molecular complexity index is 693. The van der Waals surface area contributed by atoms with Crippen molar-refractivity contribution in [2.24, 2.45) is 0 Å². The number of carbonyl (C=O) groups excluding carboxylic acids is 1. The van der Waals surface area contributed by atoms with Crippen molar-refractivity contribution in [2.45, 2.75) is 26.4 Å². The molecule has 1 N–H and O–H groups in total. The van der Waals surface area contributed by atoms with Crippen LogP contribution in [-0.4, -0.2) is 5.91 Å². The maximum atomic E-state index is 12.9. The summed E-state index contributed by atoms with van der Waals surface area (Å²) >= 11 is 0. The van der Waals surface area contributed by atoms with Gasteiger partial charge in [-0.05, 0) is 37.1 Å². The number of carbonyl (C=O) groups is 1. The van der Waals surface area contributed by atoms with Gasteiger partial charge in [-0.25, -0.2) is 0 Å². The van der Waals surface area contributed by atoms with Crippen LogP contribution in [0.3, 0.4) is 0 Å². The van der Waals surface area contributed by atoms with Gasteiger partial charge in [-0.15, -0.1) is 0 Å². The highest BCUT2D eigenvalue weighted by Gasteiger charge is 2.33. The van der Waals surface area contributed by atoms with Gasteiger partial charge in [0.25, 0.3) is 0 Å². The first kappa shape index (κ1) is 16.1. The summed E-state index contributed by atoms with van der Waals surface area (Å²) in [7, 11) is 0. The summed E-state index contributed by atoms with van der Waals surface area (Å²) in [6, 6.07) is 10.6. The molecule has 0 aliphatic heterocycles. The highest BCUT2D eigenvalue weighted by Crippen LogP contribution is 2.34. The molecule has 2 aromatic rings. The van der Waals surface area contributed by atoms with E-state index in [-0.39, 0.29) is 12.1 Å². The molecule has 0 aromatic heterocycles. The van der Waals surface area contributed by atoms with E-state index in [0.29, 0.717) is 0 Å². The fraction of sp³-hybridized carbons (Fsp3) is 0.235. The molecular formula is C17H16F3NO. The minimum atomic E-state index is -4.50. The van der Waals surface area contributed by atoms with Crippen LogP contribution >= 0.6 is 0 Å². The highest BCUT2D eigenvalue weighted by atomic mass is 19.4. The number of halogens is 3. The Balaban J connectivity index is 2.18. The van der Waals surface area contributed by atoms with Crippen molar-refractivity contribution in [1.82, 2.24) is 0 Å². The van der Waals surface area contributed by atoms with Gasteiger partial charge in [0.15, 0.2) is 0 Å². The first-order chi connectivity index (χ1) is 10.3. The number of anilines is 1. The number of nitrogens with one attached hydrogen (secondary N) is 1. The minimum absolute atomic E-state index is 0.0414. The van der Waals surface area contributed by atoms with E-state index in [2.05, 4.69) is 5.32 Å². The number of benzene rings is 2. The molecule has 0 bridgehead atoms. The van der Waals surface area contributed by atoms with Crippen molar-refractivity contribution in [3.63, 3.8) is 0 Å². The lowest BCUT2D eigenvalue weighted by atomic mass is 10.0. The third kappa shape index (κ3) is 3.87. The summed E-state index contributed by atoms with van der Waals surface area (Å²) in [5, 5.41) is 2.35. The van der Waals surface area contributed by atoms with Crippen LogP contribution in [0, 0.1) is 13.8 Å². The van der Waals surface area contributed by atoms with Crippen molar-refractivity contribution in [1.29, 1.82) is 0 Å². The van der Waals surface area contributed by atoms with Crippen LogP contribution in [0.1, 0.15) is 22.3 Å². The zero-order valence-electron chi connectivity index (χ0n) is 12.3. The molecule has 0 radical (unpaired) electrons. The van der Waals surface area contributed by atoms with E-state index >= 15 is 0 Å². The molecule has 0 heterocycles. The molecule has 0 unspecified atom stereocenters. The van der Waals surface area contributed by atoms with E-state index in [1.165, 1.54) is 18.2 Å². The largest absolute Gasteiger partial charge is 0.418 e. The molecule has 0 atom stereocenters. The maximum absolute atomic E-state index is 12.9. The standard InChI is InChI=1S/C17H16F3NO/c1-11-7-8-12(2)13(9-11)10-16(22)21-15-6-4-3-5-14(15)17(18,19)20/h3-9H,10H2,1-2H3,(H,21,22). The number of amides is 1. The number of rotatable bonds is 3. The number of aryl methyl sites for hydroxylation is 2. The van der Waals surface area contributed by atoms with Crippen LogP contribution in [0.15, 0.2) is 42.5 Å². The van der Waals surface area contributed by atoms with Crippen LogP contribution in [0.2, 0.25) is 0 Å². The van der Waals surface area contributed by atoms with Crippen LogP contribution in [0.25, 0.3) is 0 Å². The van der Waals surface area contributed by atoms with Gasteiger partial charge in [-0.3, -0.25) is 4.79 Å². The molecule has 2 rings (SSSR count). The summed E-state index contributed by atoms with van der Waals surface area (Å²) < 4.78 is 38.7. The van der Waals surface area contributed by atoms with E-state index in [0.717, 1.165) is 22.8 Å². The lowest BCUT2D eigenvalue weighted by molar-refractivity contribution is -0.137. The lowest BCUT2D eigenvalue weighted by Crippen LogP contribution is -2.18. The molecule has 0 aliphatic carbocycles. The Labute approximate surface area is 127 Å². The Morgan fingerprint density at radius 2 is 1.77 bits per heavy atom. The monoisotopic (exact) mass is 307 g/mol. The number of para-hydroxylation sites is 1. The summed E-state index contributed by atoms with van der Waals surface area (Å²) in [5.41, 5.74) is 1.69. The van der Waals surface area contributed by atoms with Crippen LogP contribution in [0.4, 0.5) is 18.9 Å². The molecule has 0 spiro atoms. The second kappa shape index (κ2) is 6.22. The third-order valence-corrected chi connectivity index (χ3v) is 3.36. The van der Waals surface area contributed by atoms with Gasteiger partial charge in [-0.2, -0.15) is 13.2 Å². The molecular weight excluding hydrogens is 291 g/mol. The van der Waals surface area contributed by atoms with Gasteiger partial charge in [0.05, 0.1) is 17.7 Å². The second-order valence-corrected chi connectivity index (χ2v) is 5.20. The molecule has 116 valence electrons. The average molecular weight is 307 g/mol. The molecule has 0 fully saturated rings. The fourth-order valence-corrected chi connectivity index (χ4v) is 2.20. The maximum Gasteiger partial charge on any atom is 0.418 e. The Morgan fingerprint density at radius 3 is 2.45 bits per heavy atom. The first-order valence-electron chi connectivity index (χ1n) is 6.79. The Morgan fingerprint density at radius 1 is 1.09 bits per heavy atom. The average Bonchev–Trinajstić information content (AvgIpc) is 2.42. The molecule has 1 amide bonds. The summed E-state index contributed by atoms with van der Waals surface area (Å²) in [6.07, 6.45) is -4.46. The van der Waals surface area contributed by atoms with Gasteiger partial charge < -0.3 is 5.32 Å². The SMILES string of the molecule is Cc1ccc(C)c(CC(=O)Nc2ccccc2C(F)(F)F)c1.